The molecule has 1 amide bonds. The van der Waals surface area contributed by atoms with E-state index in [0.29, 0.717) is 44.4 Å². The molecule has 0 bridgehead atoms. The first kappa shape index (κ1) is 22.0. The van der Waals surface area contributed by atoms with E-state index in [-0.39, 0.29) is 18.2 Å². The van der Waals surface area contributed by atoms with Crippen molar-refractivity contribution < 1.29 is 27.8 Å². The van der Waals surface area contributed by atoms with Gasteiger partial charge >= 0.3 is 0 Å². The minimum atomic E-state index is -0.791. The number of halogens is 2. The van der Waals surface area contributed by atoms with E-state index < -0.39 is 17.5 Å². The minimum Gasteiger partial charge on any atom is -0.493 e. The highest BCUT2D eigenvalue weighted by Crippen LogP contribution is 2.32. The van der Waals surface area contributed by atoms with Crippen LogP contribution in [-0.4, -0.2) is 57.4 Å². The van der Waals surface area contributed by atoms with Gasteiger partial charge in [-0.05, 0) is 36.8 Å². The van der Waals surface area contributed by atoms with Gasteiger partial charge in [-0.2, -0.15) is 0 Å². The third-order valence-electron chi connectivity index (χ3n) is 4.94. The molecular formula is C22H26F2N2O4. The van der Waals surface area contributed by atoms with Crippen molar-refractivity contribution in [1.82, 2.24) is 10.2 Å². The molecule has 162 valence electrons. The van der Waals surface area contributed by atoms with Gasteiger partial charge in [-0.25, -0.2) is 8.78 Å². The number of nitrogens with zero attached hydrogens (tertiary/aromatic N) is 1. The van der Waals surface area contributed by atoms with Gasteiger partial charge in [0.25, 0.3) is 5.91 Å². The molecule has 1 heterocycles. The number of hydrogen-bond donors (Lipinski definition) is 1. The molecule has 0 aliphatic carbocycles. The summed E-state index contributed by atoms with van der Waals surface area (Å²) >= 11 is 0. The van der Waals surface area contributed by atoms with E-state index in [4.69, 9.17) is 14.2 Å². The van der Waals surface area contributed by atoms with Gasteiger partial charge in [-0.15, -0.1) is 0 Å². The van der Waals surface area contributed by atoms with Crippen LogP contribution in [0, 0.1) is 11.6 Å². The van der Waals surface area contributed by atoms with Crippen molar-refractivity contribution in [2.24, 2.45) is 0 Å². The van der Waals surface area contributed by atoms with Crippen LogP contribution in [0.2, 0.25) is 0 Å². The number of ether oxygens (including phenoxy) is 3. The molecule has 0 spiro atoms. The lowest BCUT2D eigenvalue weighted by atomic mass is 10.0. The third-order valence-corrected chi connectivity index (χ3v) is 4.94. The summed E-state index contributed by atoms with van der Waals surface area (Å²) in [6, 6.07) is 8.26. The number of benzene rings is 2. The second-order valence-corrected chi connectivity index (χ2v) is 6.88. The zero-order valence-electron chi connectivity index (χ0n) is 17.1. The predicted octanol–water partition coefficient (Wildman–Crippen LogP) is 3.18. The van der Waals surface area contributed by atoms with Crippen molar-refractivity contribution in [2.45, 2.75) is 13.0 Å². The van der Waals surface area contributed by atoms with Crippen LogP contribution in [0.25, 0.3) is 0 Å². The van der Waals surface area contributed by atoms with Crippen molar-refractivity contribution in [3.63, 3.8) is 0 Å². The van der Waals surface area contributed by atoms with Gasteiger partial charge in [-0.1, -0.05) is 6.07 Å². The molecule has 1 aliphatic rings. The third kappa shape index (κ3) is 5.46. The lowest BCUT2D eigenvalue weighted by Gasteiger charge is -2.35. The van der Waals surface area contributed by atoms with Gasteiger partial charge in [0.1, 0.15) is 11.6 Å². The van der Waals surface area contributed by atoms with Crippen molar-refractivity contribution in [3.8, 4) is 11.5 Å². The fourth-order valence-corrected chi connectivity index (χ4v) is 3.49. The Hall–Kier alpha value is -2.71. The van der Waals surface area contributed by atoms with Crippen LogP contribution in [0.15, 0.2) is 36.4 Å². The lowest BCUT2D eigenvalue weighted by Crippen LogP contribution is -2.43. The average Bonchev–Trinajstić information content (AvgIpc) is 2.74. The summed E-state index contributed by atoms with van der Waals surface area (Å²) < 4.78 is 43.4. The Bertz CT molecular complexity index is 852. The van der Waals surface area contributed by atoms with Gasteiger partial charge in [-0.3, -0.25) is 9.69 Å². The molecular weight excluding hydrogens is 394 g/mol. The molecule has 0 aromatic heterocycles. The molecule has 30 heavy (non-hydrogen) atoms. The maximum absolute atomic E-state index is 13.5. The summed E-state index contributed by atoms with van der Waals surface area (Å²) in [5.74, 6) is -0.873. The molecule has 8 heteroatoms. The fourth-order valence-electron chi connectivity index (χ4n) is 3.49. The Kier molecular flexibility index (Phi) is 7.59. The second-order valence-electron chi connectivity index (χ2n) is 6.88. The maximum atomic E-state index is 13.5. The SMILES string of the molecule is CCOc1ccc(C(CNC(=O)c2cc(F)cc(F)c2)N2CCOCC2)cc1OC. The summed E-state index contributed by atoms with van der Waals surface area (Å²) in [4.78, 5) is 14.7. The summed E-state index contributed by atoms with van der Waals surface area (Å²) in [7, 11) is 1.58. The van der Waals surface area contributed by atoms with E-state index in [2.05, 4.69) is 10.2 Å². The highest BCUT2D eigenvalue weighted by molar-refractivity contribution is 5.94. The van der Waals surface area contributed by atoms with Gasteiger partial charge in [0.2, 0.25) is 0 Å². The van der Waals surface area contributed by atoms with E-state index >= 15 is 0 Å². The molecule has 1 fully saturated rings. The largest absolute Gasteiger partial charge is 0.493 e. The van der Waals surface area contributed by atoms with Crippen LogP contribution in [0.1, 0.15) is 28.9 Å². The second kappa shape index (κ2) is 10.4. The Morgan fingerprint density at radius 3 is 2.47 bits per heavy atom. The molecule has 3 rings (SSSR count). The summed E-state index contributed by atoms with van der Waals surface area (Å²) in [5, 5.41) is 2.80. The van der Waals surface area contributed by atoms with E-state index in [9.17, 15) is 13.6 Å². The van der Waals surface area contributed by atoms with E-state index in [1.807, 2.05) is 25.1 Å². The quantitative estimate of drug-likeness (QED) is 0.711. The summed E-state index contributed by atoms with van der Waals surface area (Å²) in [6.07, 6.45) is 0. The van der Waals surface area contributed by atoms with Crippen molar-refractivity contribution in [1.29, 1.82) is 0 Å². The van der Waals surface area contributed by atoms with Crippen molar-refractivity contribution in [3.05, 3.63) is 59.2 Å². The van der Waals surface area contributed by atoms with Crippen LogP contribution in [-0.2, 0) is 4.74 Å². The van der Waals surface area contributed by atoms with Crippen molar-refractivity contribution in [2.75, 3.05) is 46.6 Å². The Labute approximate surface area is 174 Å². The first-order chi connectivity index (χ1) is 14.5. The molecule has 1 saturated heterocycles. The minimum absolute atomic E-state index is 0.0579. The highest BCUT2D eigenvalue weighted by Gasteiger charge is 2.25. The van der Waals surface area contributed by atoms with E-state index in [1.165, 1.54) is 0 Å². The van der Waals surface area contributed by atoms with E-state index in [1.54, 1.807) is 7.11 Å². The Morgan fingerprint density at radius 2 is 1.83 bits per heavy atom. The number of carbonyl (C=O) groups is 1. The number of amides is 1. The molecule has 1 unspecified atom stereocenters. The molecule has 1 N–H and O–H groups in total. The zero-order valence-corrected chi connectivity index (χ0v) is 17.1. The molecule has 1 atom stereocenters. The zero-order chi connectivity index (χ0) is 21.5. The molecule has 0 radical (unpaired) electrons. The van der Waals surface area contributed by atoms with Gasteiger partial charge < -0.3 is 19.5 Å². The summed E-state index contributed by atoms with van der Waals surface area (Å²) in [5.41, 5.74) is 0.875. The van der Waals surface area contributed by atoms with Gasteiger partial charge in [0.15, 0.2) is 11.5 Å². The smallest absolute Gasteiger partial charge is 0.251 e. The maximum Gasteiger partial charge on any atom is 0.251 e. The number of nitrogens with one attached hydrogen (secondary N) is 1. The molecule has 0 saturated carbocycles. The monoisotopic (exact) mass is 420 g/mol. The van der Waals surface area contributed by atoms with Crippen LogP contribution in [0.4, 0.5) is 8.78 Å². The Morgan fingerprint density at radius 1 is 1.13 bits per heavy atom. The van der Waals surface area contributed by atoms with Crippen molar-refractivity contribution >= 4 is 5.91 Å². The standard InChI is InChI=1S/C22H26F2N2O4/c1-3-30-20-5-4-15(12-21(20)28-2)19(26-6-8-29-9-7-26)14-25-22(27)16-10-17(23)13-18(24)11-16/h4-5,10-13,19H,3,6-9,14H2,1-2H3,(H,25,27). The highest BCUT2D eigenvalue weighted by atomic mass is 19.1. The molecule has 1 aliphatic heterocycles. The predicted molar refractivity (Wildman–Crippen MR) is 108 cm³/mol. The lowest BCUT2D eigenvalue weighted by molar-refractivity contribution is 0.0162. The molecule has 2 aromatic carbocycles. The number of rotatable bonds is 8. The number of hydrogen-bond acceptors (Lipinski definition) is 5. The Balaban J connectivity index is 1.81. The number of morpholine rings is 1. The topological polar surface area (TPSA) is 60.0 Å². The van der Waals surface area contributed by atoms with Gasteiger partial charge in [0, 0.05) is 31.3 Å². The normalized spacial score (nSPS) is 15.5. The average molecular weight is 420 g/mol. The van der Waals surface area contributed by atoms with Crippen LogP contribution >= 0.6 is 0 Å². The van der Waals surface area contributed by atoms with Crippen LogP contribution < -0.4 is 14.8 Å². The van der Waals surface area contributed by atoms with Crippen LogP contribution in [0.3, 0.4) is 0 Å². The first-order valence-electron chi connectivity index (χ1n) is 9.88. The number of methoxy groups -OCH3 is 1. The fraction of sp³-hybridized carbons (Fsp3) is 0.409. The summed E-state index contributed by atoms with van der Waals surface area (Å²) in [6.45, 7) is 5.25. The van der Waals surface area contributed by atoms with E-state index in [0.717, 1.165) is 23.8 Å². The molecule has 6 nitrogen and oxygen atoms in total. The van der Waals surface area contributed by atoms with Crippen LogP contribution in [0.5, 0.6) is 11.5 Å². The molecule has 2 aromatic rings. The first-order valence-corrected chi connectivity index (χ1v) is 9.88. The van der Waals surface area contributed by atoms with Gasteiger partial charge in [0.05, 0.1) is 33.0 Å². The number of carbonyl (C=O) groups excluding carboxylic acids is 1.